The van der Waals surface area contributed by atoms with Crippen molar-refractivity contribution in [3.05, 3.63) is 59.2 Å². The standard InChI is InChI=1S/C19H19F2NO3/c1-3-12-6-4-5-7-15(12)25-13-10-22(11-13)19(23)17-14(20)8-9-16(24-2)18(17)21/h4-9,13H,3,10-11H2,1-2H3. The molecule has 4 nitrogen and oxygen atoms in total. The van der Waals surface area contributed by atoms with E-state index in [1.807, 2.05) is 31.2 Å². The normalized spacial score (nSPS) is 14.2. The number of para-hydroxylation sites is 1. The molecule has 1 aliphatic heterocycles. The molecule has 0 spiro atoms. The molecule has 25 heavy (non-hydrogen) atoms. The Morgan fingerprint density at radius 3 is 2.56 bits per heavy atom. The summed E-state index contributed by atoms with van der Waals surface area (Å²) in [6.45, 7) is 2.60. The van der Waals surface area contributed by atoms with Gasteiger partial charge in [-0.3, -0.25) is 4.79 Å². The van der Waals surface area contributed by atoms with Crippen LogP contribution in [0.25, 0.3) is 0 Å². The minimum atomic E-state index is -0.979. The average Bonchev–Trinajstić information content (AvgIpc) is 2.58. The summed E-state index contributed by atoms with van der Waals surface area (Å²) in [4.78, 5) is 13.8. The number of amides is 1. The van der Waals surface area contributed by atoms with Gasteiger partial charge < -0.3 is 14.4 Å². The SMILES string of the molecule is CCc1ccccc1OC1CN(C(=O)c2c(F)ccc(OC)c2F)C1. The molecule has 1 saturated heterocycles. The Kier molecular flexibility index (Phi) is 4.88. The van der Waals surface area contributed by atoms with Gasteiger partial charge in [0.05, 0.1) is 20.2 Å². The molecule has 6 heteroatoms. The molecule has 0 atom stereocenters. The first kappa shape index (κ1) is 17.2. The Labute approximate surface area is 145 Å². The zero-order valence-electron chi connectivity index (χ0n) is 14.1. The first-order chi connectivity index (χ1) is 12.0. The smallest absolute Gasteiger partial charge is 0.260 e. The van der Waals surface area contributed by atoms with Crippen LogP contribution in [-0.2, 0) is 6.42 Å². The van der Waals surface area contributed by atoms with Gasteiger partial charge in [-0.2, -0.15) is 0 Å². The van der Waals surface area contributed by atoms with Crippen LogP contribution in [0.5, 0.6) is 11.5 Å². The van der Waals surface area contributed by atoms with Gasteiger partial charge in [0.1, 0.15) is 23.2 Å². The Morgan fingerprint density at radius 1 is 1.16 bits per heavy atom. The van der Waals surface area contributed by atoms with Crippen molar-refractivity contribution in [2.45, 2.75) is 19.4 Å². The maximum Gasteiger partial charge on any atom is 0.260 e. The molecule has 0 aliphatic carbocycles. The van der Waals surface area contributed by atoms with E-state index in [2.05, 4.69) is 0 Å². The van der Waals surface area contributed by atoms with E-state index in [0.717, 1.165) is 29.9 Å². The van der Waals surface area contributed by atoms with Gasteiger partial charge >= 0.3 is 0 Å². The highest BCUT2D eigenvalue weighted by molar-refractivity contribution is 5.95. The van der Waals surface area contributed by atoms with Gasteiger partial charge in [-0.1, -0.05) is 25.1 Å². The van der Waals surface area contributed by atoms with E-state index in [-0.39, 0.29) is 24.9 Å². The second-order valence-corrected chi connectivity index (χ2v) is 5.85. The van der Waals surface area contributed by atoms with Crippen LogP contribution in [0.15, 0.2) is 36.4 Å². The maximum absolute atomic E-state index is 14.2. The Bertz CT molecular complexity index is 788. The number of hydrogen-bond donors (Lipinski definition) is 0. The van der Waals surface area contributed by atoms with Crippen LogP contribution in [0.3, 0.4) is 0 Å². The van der Waals surface area contributed by atoms with Crippen molar-refractivity contribution in [2.75, 3.05) is 20.2 Å². The molecule has 0 bridgehead atoms. The van der Waals surface area contributed by atoms with Crippen LogP contribution in [0.4, 0.5) is 8.78 Å². The second-order valence-electron chi connectivity index (χ2n) is 5.85. The number of aryl methyl sites for hydroxylation is 1. The largest absolute Gasteiger partial charge is 0.494 e. The summed E-state index contributed by atoms with van der Waals surface area (Å²) in [6, 6.07) is 9.88. The van der Waals surface area contributed by atoms with Crippen molar-refractivity contribution in [3.63, 3.8) is 0 Å². The van der Waals surface area contributed by atoms with Gasteiger partial charge in [0.25, 0.3) is 5.91 Å². The van der Waals surface area contributed by atoms with Gasteiger partial charge in [0.15, 0.2) is 11.6 Å². The highest BCUT2D eigenvalue weighted by Crippen LogP contribution is 2.27. The summed E-state index contributed by atoms with van der Waals surface area (Å²) in [5.41, 5.74) is 0.490. The predicted octanol–water partition coefficient (Wildman–Crippen LogP) is 3.44. The number of halogens is 2. The van der Waals surface area contributed by atoms with E-state index in [9.17, 15) is 13.6 Å². The van der Waals surface area contributed by atoms with Gasteiger partial charge in [0.2, 0.25) is 0 Å². The van der Waals surface area contributed by atoms with Crippen molar-refractivity contribution in [1.29, 1.82) is 0 Å². The van der Waals surface area contributed by atoms with Crippen molar-refractivity contribution in [2.24, 2.45) is 0 Å². The summed E-state index contributed by atoms with van der Waals surface area (Å²) in [5.74, 6) is -1.95. The van der Waals surface area contributed by atoms with Gasteiger partial charge in [0, 0.05) is 0 Å². The Hall–Kier alpha value is -2.63. The van der Waals surface area contributed by atoms with E-state index >= 15 is 0 Å². The summed E-state index contributed by atoms with van der Waals surface area (Å²) in [5, 5.41) is 0. The average molecular weight is 347 g/mol. The topological polar surface area (TPSA) is 38.8 Å². The molecular weight excluding hydrogens is 328 g/mol. The fourth-order valence-corrected chi connectivity index (χ4v) is 2.81. The van der Waals surface area contributed by atoms with E-state index in [4.69, 9.17) is 9.47 Å². The number of nitrogens with zero attached hydrogens (tertiary/aromatic N) is 1. The second kappa shape index (κ2) is 7.09. The lowest BCUT2D eigenvalue weighted by molar-refractivity contribution is 0.0167. The van der Waals surface area contributed by atoms with E-state index in [1.165, 1.54) is 12.0 Å². The van der Waals surface area contributed by atoms with E-state index in [0.29, 0.717) is 0 Å². The predicted molar refractivity (Wildman–Crippen MR) is 89.0 cm³/mol. The third-order valence-corrected chi connectivity index (χ3v) is 4.27. The lowest BCUT2D eigenvalue weighted by Crippen LogP contribution is -2.56. The molecular formula is C19H19F2NO3. The number of hydrogen-bond acceptors (Lipinski definition) is 3. The Morgan fingerprint density at radius 2 is 1.88 bits per heavy atom. The van der Waals surface area contributed by atoms with Crippen molar-refractivity contribution >= 4 is 5.91 Å². The Balaban J connectivity index is 1.68. The van der Waals surface area contributed by atoms with E-state index in [1.54, 1.807) is 0 Å². The fourth-order valence-electron chi connectivity index (χ4n) is 2.81. The molecule has 3 rings (SSSR count). The van der Waals surface area contributed by atoms with E-state index < -0.39 is 23.1 Å². The fraction of sp³-hybridized carbons (Fsp3) is 0.316. The minimum absolute atomic E-state index is 0.157. The number of methoxy groups -OCH3 is 1. The summed E-state index contributed by atoms with van der Waals surface area (Å²) >= 11 is 0. The quantitative estimate of drug-likeness (QED) is 0.832. The molecule has 0 N–H and O–H groups in total. The number of ether oxygens (including phenoxy) is 2. The number of likely N-dealkylation sites (tertiary alicyclic amines) is 1. The highest BCUT2D eigenvalue weighted by Gasteiger charge is 2.36. The molecule has 0 unspecified atom stereocenters. The number of carbonyl (C=O) groups is 1. The molecule has 2 aromatic carbocycles. The third-order valence-electron chi connectivity index (χ3n) is 4.27. The maximum atomic E-state index is 14.2. The van der Waals surface area contributed by atoms with Crippen LogP contribution in [0.2, 0.25) is 0 Å². The van der Waals surface area contributed by atoms with Crippen molar-refractivity contribution in [1.82, 2.24) is 4.90 Å². The first-order valence-corrected chi connectivity index (χ1v) is 8.11. The van der Waals surface area contributed by atoms with Crippen LogP contribution < -0.4 is 9.47 Å². The van der Waals surface area contributed by atoms with Crippen LogP contribution in [-0.4, -0.2) is 37.1 Å². The first-order valence-electron chi connectivity index (χ1n) is 8.11. The summed E-state index contributed by atoms with van der Waals surface area (Å²) < 4.78 is 38.8. The van der Waals surface area contributed by atoms with Crippen molar-refractivity contribution in [3.8, 4) is 11.5 Å². The van der Waals surface area contributed by atoms with Crippen LogP contribution in [0.1, 0.15) is 22.8 Å². The molecule has 2 aromatic rings. The number of rotatable bonds is 5. The zero-order chi connectivity index (χ0) is 18.0. The molecule has 0 aromatic heterocycles. The molecule has 1 fully saturated rings. The lowest BCUT2D eigenvalue weighted by atomic mass is 10.1. The van der Waals surface area contributed by atoms with Gasteiger partial charge in [-0.15, -0.1) is 0 Å². The van der Waals surface area contributed by atoms with Gasteiger partial charge in [-0.05, 0) is 30.2 Å². The van der Waals surface area contributed by atoms with Crippen molar-refractivity contribution < 1.29 is 23.0 Å². The highest BCUT2D eigenvalue weighted by atomic mass is 19.1. The molecule has 132 valence electrons. The number of carbonyl (C=O) groups excluding carboxylic acids is 1. The third kappa shape index (κ3) is 3.29. The van der Waals surface area contributed by atoms with Crippen LogP contribution >= 0.6 is 0 Å². The lowest BCUT2D eigenvalue weighted by Gasteiger charge is -2.39. The minimum Gasteiger partial charge on any atom is -0.494 e. The molecule has 1 aliphatic rings. The molecule has 1 amide bonds. The number of benzene rings is 2. The summed E-state index contributed by atoms with van der Waals surface area (Å²) in [7, 11) is 1.27. The zero-order valence-corrected chi connectivity index (χ0v) is 14.1. The van der Waals surface area contributed by atoms with Gasteiger partial charge in [-0.25, -0.2) is 8.78 Å². The van der Waals surface area contributed by atoms with Crippen LogP contribution in [0, 0.1) is 11.6 Å². The molecule has 0 radical (unpaired) electrons. The summed E-state index contributed by atoms with van der Waals surface area (Å²) in [6.07, 6.45) is 0.652. The molecule has 0 saturated carbocycles. The molecule has 1 heterocycles. The monoisotopic (exact) mass is 347 g/mol.